The highest BCUT2D eigenvalue weighted by molar-refractivity contribution is 6.12. The standard InChI is InChI=1S/C23H15N3O5/c27-21(16-9-5-2-6-10-16)19-20(15-7-3-1-4-8-15)24-25(23(29)22(19)28)17-11-13-18(14-12-17)26(30)31/h1-14,24H. The largest absolute Gasteiger partial charge is 0.318 e. The van der Waals surface area contributed by atoms with Gasteiger partial charge in [0, 0.05) is 23.3 Å². The molecule has 0 unspecified atom stereocenters. The Kier molecular flexibility index (Phi) is 5.11. The average molecular weight is 413 g/mol. The summed E-state index contributed by atoms with van der Waals surface area (Å²) in [6.45, 7) is 0. The van der Waals surface area contributed by atoms with Gasteiger partial charge in [-0.2, -0.15) is 0 Å². The van der Waals surface area contributed by atoms with Gasteiger partial charge in [-0.05, 0) is 12.1 Å². The predicted octanol–water partition coefficient (Wildman–Crippen LogP) is 3.33. The summed E-state index contributed by atoms with van der Waals surface area (Å²) >= 11 is 0. The first-order valence-corrected chi connectivity index (χ1v) is 9.26. The van der Waals surface area contributed by atoms with Crippen molar-refractivity contribution in [2.45, 2.75) is 0 Å². The Bertz CT molecular complexity index is 1390. The van der Waals surface area contributed by atoms with Gasteiger partial charge in [0.2, 0.25) is 0 Å². The van der Waals surface area contributed by atoms with Gasteiger partial charge in [0.05, 0.1) is 16.3 Å². The summed E-state index contributed by atoms with van der Waals surface area (Å²) in [6.07, 6.45) is 0. The van der Waals surface area contributed by atoms with Crippen molar-refractivity contribution in [3.63, 3.8) is 0 Å². The number of H-pyrrole nitrogens is 1. The number of nitrogens with zero attached hydrogens (tertiary/aromatic N) is 2. The van der Waals surface area contributed by atoms with E-state index in [2.05, 4.69) is 5.10 Å². The maximum Gasteiger partial charge on any atom is 0.318 e. The summed E-state index contributed by atoms with van der Waals surface area (Å²) < 4.78 is 0.982. The van der Waals surface area contributed by atoms with Gasteiger partial charge >= 0.3 is 5.56 Å². The first-order chi connectivity index (χ1) is 15.0. The zero-order valence-electron chi connectivity index (χ0n) is 16.0. The van der Waals surface area contributed by atoms with Gasteiger partial charge in [0.1, 0.15) is 5.56 Å². The third kappa shape index (κ3) is 3.69. The quantitative estimate of drug-likeness (QED) is 0.233. The van der Waals surface area contributed by atoms with Crippen LogP contribution in [-0.2, 0) is 0 Å². The van der Waals surface area contributed by atoms with Gasteiger partial charge in [-0.15, -0.1) is 0 Å². The van der Waals surface area contributed by atoms with Crippen LogP contribution in [-0.4, -0.2) is 20.5 Å². The summed E-state index contributed by atoms with van der Waals surface area (Å²) in [4.78, 5) is 49.4. The van der Waals surface area contributed by atoms with Gasteiger partial charge in [-0.3, -0.25) is 29.6 Å². The van der Waals surface area contributed by atoms with Crippen LogP contribution < -0.4 is 11.0 Å². The number of aromatic amines is 1. The van der Waals surface area contributed by atoms with E-state index in [0.29, 0.717) is 5.56 Å². The molecule has 1 heterocycles. The minimum Gasteiger partial charge on any atom is -0.289 e. The SMILES string of the molecule is O=C(c1ccccc1)c1c(-c2ccccc2)[nH]n(-c2ccc([N+](=O)[O-])cc2)c(=O)c1=O. The molecule has 0 saturated carbocycles. The smallest absolute Gasteiger partial charge is 0.289 e. The number of ketones is 1. The van der Waals surface area contributed by atoms with Gasteiger partial charge in [0.25, 0.3) is 11.1 Å². The van der Waals surface area contributed by atoms with Crippen LogP contribution in [0.4, 0.5) is 5.69 Å². The Labute approximate surface area is 175 Å². The van der Waals surface area contributed by atoms with Crippen molar-refractivity contribution in [3.8, 4) is 16.9 Å². The van der Waals surface area contributed by atoms with Crippen LogP contribution in [0.15, 0.2) is 94.5 Å². The Hall–Kier alpha value is -4.59. The molecule has 0 amide bonds. The second-order valence-corrected chi connectivity index (χ2v) is 6.67. The number of carbonyl (C=O) groups is 1. The molecule has 0 fully saturated rings. The van der Waals surface area contributed by atoms with Crippen molar-refractivity contribution in [3.05, 3.63) is 127 Å². The van der Waals surface area contributed by atoms with Crippen LogP contribution in [0.3, 0.4) is 0 Å². The van der Waals surface area contributed by atoms with Crippen molar-refractivity contribution in [1.29, 1.82) is 0 Å². The van der Waals surface area contributed by atoms with E-state index < -0.39 is 21.7 Å². The van der Waals surface area contributed by atoms with E-state index in [1.807, 2.05) is 0 Å². The molecule has 0 atom stereocenters. The molecule has 0 bridgehead atoms. The summed E-state index contributed by atoms with van der Waals surface area (Å²) in [5, 5.41) is 13.8. The minimum atomic E-state index is -0.968. The molecule has 31 heavy (non-hydrogen) atoms. The van der Waals surface area contributed by atoms with E-state index >= 15 is 0 Å². The van der Waals surface area contributed by atoms with Gasteiger partial charge in [-0.1, -0.05) is 60.7 Å². The summed E-state index contributed by atoms with van der Waals surface area (Å²) in [5.74, 6) is -0.575. The van der Waals surface area contributed by atoms with Crippen LogP contribution in [0, 0.1) is 10.1 Å². The molecule has 1 N–H and O–H groups in total. The fraction of sp³-hybridized carbons (Fsp3) is 0. The molecule has 8 nitrogen and oxygen atoms in total. The lowest BCUT2D eigenvalue weighted by molar-refractivity contribution is -0.384. The van der Waals surface area contributed by atoms with Gasteiger partial charge < -0.3 is 0 Å². The molecule has 152 valence electrons. The number of benzene rings is 3. The fourth-order valence-corrected chi connectivity index (χ4v) is 3.21. The topological polar surface area (TPSA) is 115 Å². The van der Waals surface area contributed by atoms with E-state index in [-0.39, 0.29) is 28.2 Å². The molecule has 0 aliphatic carbocycles. The van der Waals surface area contributed by atoms with Crippen LogP contribution in [0.5, 0.6) is 0 Å². The van der Waals surface area contributed by atoms with E-state index in [1.54, 1.807) is 60.7 Å². The fourth-order valence-electron chi connectivity index (χ4n) is 3.21. The molecule has 4 rings (SSSR count). The molecule has 0 radical (unpaired) electrons. The van der Waals surface area contributed by atoms with Crippen molar-refractivity contribution in [2.75, 3.05) is 0 Å². The van der Waals surface area contributed by atoms with E-state index in [9.17, 15) is 24.5 Å². The normalized spacial score (nSPS) is 10.6. The second kappa shape index (κ2) is 8.03. The predicted molar refractivity (Wildman–Crippen MR) is 115 cm³/mol. The number of carbonyl (C=O) groups excluding carboxylic acids is 1. The molecule has 0 spiro atoms. The molecule has 3 aromatic carbocycles. The second-order valence-electron chi connectivity index (χ2n) is 6.67. The highest BCUT2D eigenvalue weighted by Gasteiger charge is 2.23. The molecule has 1 aromatic heterocycles. The average Bonchev–Trinajstić information content (AvgIpc) is 2.81. The summed E-state index contributed by atoms with van der Waals surface area (Å²) in [7, 11) is 0. The van der Waals surface area contributed by atoms with Crippen LogP contribution >= 0.6 is 0 Å². The lowest BCUT2D eigenvalue weighted by atomic mass is 9.98. The van der Waals surface area contributed by atoms with Crippen molar-refractivity contribution in [2.24, 2.45) is 0 Å². The van der Waals surface area contributed by atoms with E-state index in [1.165, 1.54) is 24.3 Å². The third-order valence-corrected chi connectivity index (χ3v) is 4.74. The molecule has 0 saturated heterocycles. The molecule has 8 heteroatoms. The molecular weight excluding hydrogens is 398 g/mol. The van der Waals surface area contributed by atoms with Crippen LogP contribution in [0.1, 0.15) is 15.9 Å². The lowest BCUT2D eigenvalue weighted by Crippen LogP contribution is -2.39. The molecular formula is C23H15N3O5. The maximum absolute atomic E-state index is 13.1. The van der Waals surface area contributed by atoms with Crippen molar-refractivity contribution >= 4 is 11.5 Å². The number of hydrogen-bond acceptors (Lipinski definition) is 5. The number of rotatable bonds is 5. The number of nitro groups is 1. The number of hydrogen-bond donors (Lipinski definition) is 1. The van der Waals surface area contributed by atoms with Crippen LogP contribution in [0.25, 0.3) is 16.9 Å². The molecule has 0 aliphatic rings. The zero-order chi connectivity index (χ0) is 22.0. The monoisotopic (exact) mass is 413 g/mol. The number of aromatic nitrogens is 2. The first-order valence-electron chi connectivity index (χ1n) is 9.26. The van der Waals surface area contributed by atoms with Crippen LogP contribution in [0.2, 0.25) is 0 Å². The number of nitrogens with one attached hydrogen (secondary N) is 1. The van der Waals surface area contributed by atoms with Gasteiger partial charge in [0.15, 0.2) is 5.78 Å². The first kappa shape index (κ1) is 19.7. The Morgan fingerprint density at radius 2 is 1.42 bits per heavy atom. The Balaban J connectivity index is 1.98. The Morgan fingerprint density at radius 1 is 0.839 bits per heavy atom. The number of non-ortho nitro benzene ring substituents is 1. The van der Waals surface area contributed by atoms with Crippen molar-refractivity contribution < 1.29 is 9.72 Å². The summed E-state index contributed by atoms with van der Waals surface area (Å²) in [5.41, 5.74) is -1.13. The highest BCUT2D eigenvalue weighted by atomic mass is 16.6. The minimum absolute atomic E-state index is 0.154. The van der Waals surface area contributed by atoms with E-state index in [4.69, 9.17) is 0 Å². The Morgan fingerprint density at radius 3 is 2.00 bits per heavy atom. The summed E-state index contributed by atoms with van der Waals surface area (Å²) in [6, 6.07) is 22.0. The zero-order valence-corrected chi connectivity index (χ0v) is 16.0. The van der Waals surface area contributed by atoms with Gasteiger partial charge in [-0.25, -0.2) is 4.68 Å². The maximum atomic E-state index is 13.1. The highest BCUT2D eigenvalue weighted by Crippen LogP contribution is 2.22. The third-order valence-electron chi connectivity index (χ3n) is 4.74. The molecule has 4 aromatic rings. The number of nitro benzene ring substituents is 1. The van der Waals surface area contributed by atoms with Crippen molar-refractivity contribution in [1.82, 2.24) is 9.78 Å². The molecule has 0 aliphatic heterocycles. The van der Waals surface area contributed by atoms with E-state index in [0.717, 1.165) is 4.68 Å². The lowest BCUT2D eigenvalue weighted by Gasteiger charge is -2.13.